The second-order valence-corrected chi connectivity index (χ2v) is 5.41. The molecule has 0 bridgehead atoms. The smallest absolute Gasteiger partial charge is 0.135 e. The minimum absolute atomic E-state index is 0.450. The van der Waals surface area contributed by atoms with Crippen LogP contribution in [0.1, 0.15) is 45.4 Å². The molecule has 1 aliphatic heterocycles. The zero-order chi connectivity index (χ0) is 12.1. The number of carbonyl (C=O) groups is 1. The van der Waals surface area contributed by atoms with Crippen molar-refractivity contribution in [3.05, 3.63) is 0 Å². The van der Waals surface area contributed by atoms with Gasteiger partial charge in [-0.05, 0) is 38.5 Å². The molecular weight excluding hydrogens is 214 g/mol. The van der Waals surface area contributed by atoms with E-state index in [1.807, 2.05) is 0 Å². The molecule has 2 aliphatic rings. The lowest BCUT2D eigenvalue weighted by molar-refractivity contribution is -0.122. The highest BCUT2D eigenvalue weighted by Gasteiger charge is 2.28. The number of ketones is 1. The molecule has 1 saturated heterocycles. The average Bonchev–Trinajstić information content (AvgIpc) is 2.38. The van der Waals surface area contributed by atoms with E-state index < -0.39 is 0 Å². The molecule has 1 aliphatic carbocycles. The zero-order valence-corrected chi connectivity index (χ0v) is 11.0. The topological polar surface area (TPSA) is 29.5 Å². The molecule has 2 fully saturated rings. The predicted molar refractivity (Wildman–Crippen MR) is 68.1 cm³/mol. The van der Waals surface area contributed by atoms with Gasteiger partial charge in [-0.1, -0.05) is 0 Å². The number of ether oxygens (including phenoxy) is 1. The van der Waals surface area contributed by atoms with Gasteiger partial charge in [0, 0.05) is 45.2 Å². The Hall–Kier alpha value is -0.410. The number of rotatable bonds is 4. The number of hydrogen-bond acceptors (Lipinski definition) is 3. The Bertz CT molecular complexity index is 237. The average molecular weight is 239 g/mol. The van der Waals surface area contributed by atoms with Gasteiger partial charge in [0.25, 0.3) is 0 Å². The van der Waals surface area contributed by atoms with Gasteiger partial charge in [0.05, 0.1) is 0 Å². The Morgan fingerprint density at radius 3 is 2.41 bits per heavy atom. The highest BCUT2D eigenvalue weighted by atomic mass is 16.5. The third kappa shape index (κ3) is 3.78. The van der Waals surface area contributed by atoms with E-state index in [0.29, 0.717) is 5.78 Å². The number of likely N-dealkylation sites (tertiary alicyclic amines) is 1. The molecule has 0 atom stereocenters. The van der Waals surface area contributed by atoms with E-state index in [4.69, 9.17) is 4.74 Å². The second kappa shape index (κ2) is 6.50. The van der Waals surface area contributed by atoms with Crippen LogP contribution in [0.4, 0.5) is 0 Å². The summed E-state index contributed by atoms with van der Waals surface area (Å²) < 4.78 is 5.51. The van der Waals surface area contributed by atoms with Crippen molar-refractivity contribution in [2.75, 3.05) is 26.3 Å². The van der Waals surface area contributed by atoms with Crippen molar-refractivity contribution in [2.24, 2.45) is 5.92 Å². The van der Waals surface area contributed by atoms with Gasteiger partial charge < -0.3 is 4.74 Å². The summed E-state index contributed by atoms with van der Waals surface area (Å²) in [5.74, 6) is 1.23. The second-order valence-electron chi connectivity index (χ2n) is 5.41. The normalized spacial score (nSPS) is 31.7. The molecule has 1 heterocycles. The number of carbonyl (C=O) groups excluding carboxylic acids is 1. The molecule has 0 aromatic carbocycles. The van der Waals surface area contributed by atoms with E-state index >= 15 is 0 Å². The van der Waals surface area contributed by atoms with Gasteiger partial charge >= 0.3 is 0 Å². The van der Waals surface area contributed by atoms with Crippen LogP contribution in [0.2, 0.25) is 0 Å². The summed E-state index contributed by atoms with van der Waals surface area (Å²) >= 11 is 0. The lowest BCUT2D eigenvalue weighted by Crippen LogP contribution is -2.43. The van der Waals surface area contributed by atoms with E-state index in [2.05, 4.69) is 11.8 Å². The van der Waals surface area contributed by atoms with Gasteiger partial charge in [0.1, 0.15) is 5.78 Å². The number of piperidine rings is 1. The molecule has 0 aromatic heterocycles. The molecule has 3 nitrogen and oxygen atoms in total. The first-order valence-electron chi connectivity index (χ1n) is 7.13. The maximum absolute atomic E-state index is 11.2. The molecule has 0 spiro atoms. The zero-order valence-electron chi connectivity index (χ0n) is 11.0. The third-order valence-corrected chi connectivity index (χ3v) is 4.25. The molecule has 17 heavy (non-hydrogen) atoms. The quantitative estimate of drug-likeness (QED) is 0.753. The Morgan fingerprint density at radius 1 is 1.18 bits per heavy atom. The Kier molecular flexibility index (Phi) is 4.99. The summed E-state index contributed by atoms with van der Waals surface area (Å²) in [5, 5.41) is 0. The van der Waals surface area contributed by atoms with Crippen LogP contribution in [0.25, 0.3) is 0 Å². The Balaban J connectivity index is 1.69. The standard InChI is InChI=1S/C14H25NO2/c1-2-17-11-12-3-5-13(6-4-12)15-9-7-14(16)8-10-15/h12-13H,2-11H2,1H3/t12-,13+. The van der Waals surface area contributed by atoms with Crippen molar-refractivity contribution < 1.29 is 9.53 Å². The first kappa shape index (κ1) is 13.0. The van der Waals surface area contributed by atoms with Crippen molar-refractivity contribution in [1.29, 1.82) is 0 Å². The van der Waals surface area contributed by atoms with Crippen LogP contribution >= 0.6 is 0 Å². The molecule has 98 valence electrons. The fourth-order valence-corrected chi connectivity index (χ4v) is 3.10. The molecule has 2 rings (SSSR count). The molecule has 0 N–H and O–H groups in total. The van der Waals surface area contributed by atoms with Crippen LogP contribution in [0.3, 0.4) is 0 Å². The lowest BCUT2D eigenvalue weighted by atomic mass is 9.85. The van der Waals surface area contributed by atoms with Gasteiger partial charge in [-0.25, -0.2) is 0 Å². The summed E-state index contributed by atoms with van der Waals surface area (Å²) in [4.78, 5) is 13.8. The van der Waals surface area contributed by atoms with Crippen LogP contribution in [0, 0.1) is 5.92 Å². The Morgan fingerprint density at radius 2 is 1.82 bits per heavy atom. The molecule has 3 heteroatoms. The minimum atomic E-state index is 0.450. The molecular formula is C14H25NO2. The first-order chi connectivity index (χ1) is 8.29. The maximum atomic E-state index is 11.2. The van der Waals surface area contributed by atoms with Gasteiger partial charge in [-0.15, -0.1) is 0 Å². The number of Topliss-reactive ketones (excluding diaryl/α,β-unsaturated/α-hetero) is 1. The number of hydrogen-bond donors (Lipinski definition) is 0. The van der Waals surface area contributed by atoms with Crippen molar-refractivity contribution in [3.63, 3.8) is 0 Å². The monoisotopic (exact) mass is 239 g/mol. The highest BCUT2D eigenvalue weighted by Crippen LogP contribution is 2.29. The highest BCUT2D eigenvalue weighted by molar-refractivity contribution is 5.79. The fraction of sp³-hybridized carbons (Fsp3) is 0.929. The van der Waals surface area contributed by atoms with Gasteiger partial charge in [0.2, 0.25) is 0 Å². The summed E-state index contributed by atoms with van der Waals surface area (Å²) in [6.45, 7) is 5.85. The molecule has 0 amide bonds. The van der Waals surface area contributed by atoms with E-state index in [0.717, 1.165) is 51.1 Å². The third-order valence-electron chi connectivity index (χ3n) is 4.25. The van der Waals surface area contributed by atoms with Crippen molar-refractivity contribution in [3.8, 4) is 0 Å². The van der Waals surface area contributed by atoms with Crippen LogP contribution in [-0.4, -0.2) is 43.0 Å². The Labute approximate surface area is 105 Å². The molecule has 0 unspecified atom stereocenters. The van der Waals surface area contributed by atoms with E-state index in [1.54, 1.807) is 0 Å². The van der Waals surface area contributed by atoms with Gasteiger partial charge in [-0.2, -0.15) is 0 Å². The maximum Gasteiger partial charge on any atom is 0.135 e. The largest absolute Gasteiger partial charge is 0.381 e. The van der Waals surface area contributed by atoms with E-state index in [1.165, 1.54) is 25.7 Å². The first-order valence-corrected chi connectivity index (χ1v) is 7.13. The summed E-state index contributed by atoms with van der Waals surface area (Å²) in [5.41, 5.74) is 0. The molecule has 1 saturated carbocycles. The summed E-state index contributed by atoms with van der Waals surface area (Å²) in [7, 11) is 0. The van der Waals surface area contributed by atoms with Crippen LogP contribution < -0.4 is 0 Å². The molecule has 0 radical (unpaired) electrons. The van der Waals surface area contributed by atoms with Crippen LogP contribution in [0.5, 0.6) is 0 Å². The van der Waals surface area contributed by atoms with Crippen molar-refractivity contribution >= 4 is 5.78 Å². The van der Waals surface area contributed by atoms with Crippen LogP contribution in [-0.2, 0) is 9.53 Å². The fourth-order valence-electron chi connectivity index (χ4n) is 3.10. The minimum Gasteiger partial charge on any atom is -0.381 e. The van der Waals surface area contributed by atoms with Crippen molar-refractivity contribution in [2.45, 2.75) is 51.5 Å². The van der Waals surface area contributed by atoms with Gasteiger partial charge in [0.15, 0.2) is 0 Å². The molecule has 0 aromatic rings. The summed E-state index contributed by atoms with van der Waals surface area (Å²) in [6.07, 6.45) is 6.75. The summed E-state index contributed by atoms with van der Waals surface area (Å²) in [6, 6.07) is 0.737. The van der Waals surface area contributed by atoms with Gasteiger partial charge in [-0.3, -0.25) is 9.69 Å². The SMILES string of the molecule is CCOC[C@H]1CC[C@@H](N2CCC(=O)CC2)CC1. The van der Waals surface area contributed by atoms with E-state index in [9.17, 15) is 4.79 Å². The van der Waals surface area contributed by atoms with E-state index in [-0.39, 0.29) is 0 Å². The van der Waals surface area contributed by atoms with Crippen molar-refractivity contribution in [1.82, 2.24) is 4.90 Å². The predicted octanol–water partition coefficient (Wildman–Crippen LogP) is 2.25. The number of nitrogens with zero attached hydrogens (tertiary/aromatic N) is 1. The lowest BCUT2D eigenvalue weighted by Gasteiger charge is -2.38. The van der Waals surface area contributed by atoms with Crippen LogP contribution in [0.15, 0.2) is 0 Å².